The monoisotopic (exact) mass is 196 g/mol. The van der Waals surface area contributed by atoms with Gasteiger partial charge in [-0.2, -0.15) is 4.99 Å². The first kappa shape index (κ1) is 11.8. The van der Waals surface area contributed by atoms with Crippen LogP contribution in [0.3, 0.4) is 0 Å². The van der Waals surface area contributed by atoms with Crippen LogP contribution in [0.2, 0.25) is 0 Å². The molecule has 0 heterocycles. The Hall–Kier alpha value is -2.20. The molecule has 0 N–H and O–H groups in total. The van der Waals surface area contributed by atoms with Gasteiger partial charge in [0.1, 0.15) is 6.26 Å². The third-order valence-corrected chi connectivity index (χ3v) is 1.01. The zero-order valence-electron chi connectivity index (χ0n) is 7.22. The molecule has 0 aliphatic carbocycles. The van der Waals surface area contributed by atoms with Crippen molar-refractivity contribution in [2.75, 3.05) is 0 Å². The molecule has 0 aliphatic heterocycles. The third kappa shape index (κ3) is 5.45. The summed E-state index contributed by atoms with van der Waals surface area (Å²) in [6.07, 6.45) is 3.36. The molecule has 0 aliphatic rings. The molecular weight excluding hydrogens is 190 g/mol. The second kappa shape index (κ2) is 6.33. The van der Waals surface area contributed by atoms with Gasteiger partial charge in [-0.3, -0.25) is 0 Å². The molecular formula is C8H6NO5. The number of hydrogen-bond acceptors (Lipinski definition) is 5. The van der Waals surface area contributed by atoms with E-state index in [0.29, 0.717) is 12.3 Å². The summed E-state index contributed by atoms with van der Waals surface area (Å²) in [6, 6.07) is 0. The Morgan fingerprint density at radius 3 is 2.57 bits per heavy atom. The highest BCUT2D eigenvalue weighted by molar-refractivity contribution is 5.88. The van der Waals surface area contributed by atoms with E-state index in [1.807, 2.05) is 0 Å². The molecule has 0 bridgehead atoms. The number of hydrogen-bond donors (Lipinski definition) is 0. The van der Waals surface area contributed by atoms with Crippen LogP contribution >= 0.6 is 0 Å². The maximum atomic E-state index is 10.9. The van der Waals surface area contributed by atoms with E-state index in [9.17, 15) is 19.5 Å². The molecule has 0 spiro atoms. The van der Waals surface area contributed by atoms with Crippen molar-refractivity contribution in [2.24, 2.45) is 4.99 Å². The third-order valence-electron chi connectivity index (χ3n) is 1.01. The Kier molecular flexibility index (Phi) is 5.34. The van der Waals surface area contributed by atoms with Crippen molar-refractivity contribution in [2.45, 2.75) is 6.92 Å². The molecule has 0 saturated heterocycles. The molecule has 0 unspecified atom stereocenters. The van der Waals surface area contributed by atoms with E-state index < -0.39 is 11.9 Å². The Balaban J connectivity index is 4.22. The van der Waals surface area contributed by atoms with E-state index in [-0.39, 0.29) is 5.57 Å². The van der Waals surface area contributed by atoms with E-state index in [2.05, 4.69) is 9.73 Å². The fourth-order valence-corrected chi connectivity index (χ4v) is 0.420. The minimum atomic E-state index is -1.48. The highest BCUT2D eigenvalue weighted by atomic mass is 16.5. The number of carbonyl (C=O) groups excluding carboxylic acids is 3. The summed E-state index contributed by atoms with van der Waals surface area (Å²) in [7, 11) is 0. The van der Waals surface area contributed by atoms with Gasteiger partial charge in [0.05, 0.1) is 17.8 Å². The van der Waals surface area contributed by atoms with Gasteiger partial charge < -0.3 is 4.74 Å². The van der Waals surface area contributed by atoms with Gasteiger partial charge in [-0.05, 0) is 6.92 Å². The maximum Gasteiger partial charge on any atom is 0.382 e. The Morgan fingerprint density at radius 2 is 2.07 bits per heavy atom. The van der Waals surface area contributed by atoms with Gasteiger partial charge in [0.2, 0.25) is 6.08 Å². The van der Waals surface area contributed by atoms with Gasteiger partial charge in [0.15, 0.2) is 0 Å². The first-order valence-electron chi connectivity index (χ1n) is 3.40. The number of ether oxygens (including phenoxy) is 1. The minimum absolute atomic E-state index is 0.0383. The zero-order valence-corrected chi connectivity index (χ0v) is 7.22. The summed E-state index contributed by atoms with van der Waals surface area (Å²) in [4.78, 5) is 33.4. The molecule has 0 saturated carbocycles. The van der Waals surface area contributed by atoms with Gasteiger partial charge in [-0.1, -0.05) is 0 Å². The highest BCUT2D eigenvalue weighted by Crippen LogP contribution is 1.96. The Bertz CT molecular complexity index is 336. The summed E-state index contributed by atoms with van der Waals surface area (Å²) in [6.45, 7) is 1.34. The summed E-state index contributed by atoms with van der Waals surface area (Å²) in [5, 5.41) is 9.85. The van der Waals surface area contributed by atoms with Crippen LogP contribution in [0.25, 0.3) is 0 Å². The van der Waals surface area contributed by atoms with Crippen LogP contribution in [-0.2, 0) is 24.2 Å². The summed E-state index contributed by atoms with van der Waals surface area (Å²) in [5.74, 6) is -2.30. The molecule has 14 heavy (non-hydrogen) atoms. The molecule has 0 amide bonds. The second-order valence-electron chi connectivity index (χ2n) is 2.06. The standard InChI is InChI=1S/C8H6NO5/c1-6(4-9-5-10)8(13)14-3-2-7(11)12/h2-4H,1H3. The van der Waals surface area contributed by atoms with Crippen LogP contribution in [0.4, 0.5) is 0 Å². The first-order chi connectivity index (χ1) is 6.57. The molecule has 0 atom stereocenters. The van der Waals surface area contributed by atoms with E-state index in [1.165, 1.54) is 13.0 Å². The lowest BCUT2D eigenvalue weighted by Gasteiger charge is -1.95. The van der Waals surface area contributed by atoms with Crippen molar-refractivity contribution in [1.29, 1.82) is 0 Å². The SMILES string of the molecule is CC(=CN=C=O)C(=O)OC=CC([O])=O. The predicted octanol–water partition coefficient (Wildman–Crippen LogP) is 0.240. The first-order valence-corrected chi connectivity index (χ1v) is 3.40. The lowest BCUT2D eigenvalue weighted by Crippen LogP contribution is -2.01. The largest absolute Gasteiger partial charge is 0.431 e. The average Bonchev–Trinajstić information content (AvgIpc) is 2.13. The molecule has 0 aromatic rings. The van der Waals surface area contributed by atoms with Crippen molar-refractivity contribution < 1.29 is 24.2 Å². The van der Waals surface area contributed by atoms with Gasteiger partial charge in [0.25, 0.3) is 0 Å². The van der Waals surface area contributed by atoms with Crippen LogP contribution in [0.5, 0.6) is 0 Å². The number of isocyanates is 1. The van der Waals surface area contributed by atoms with Crippen molar-refractivity contribution >= 4 is 18.0 Å². The van der Waals surface area contributed by atoms with Crippen LogP contribution in [-0.4, -0.2) is 18.0 Å². The number of esters is 1. The van der Waals surface area contributed by atoms with Crippen LogP contribution < -0.4 is 0 Å². The van der Waals surface area contributed by atoms with Gasteiger partial charge in [0, 0.05) is 0 Å². The van der Waals surface area contributed by atoms with Crippen LogP contribution in [0, 0.1) is 0 Å². The molecule has 73 valence electrons. The van der Waals surface area contributed by atoms with Crippen molar-refractivity contribution in [3.05, 3.63) is 24.1 Å². The van der Waals surface area contributed by atoms with Crippen LogP contribution in [0.15, 0.2) is 29.1 Å². The van der Waals surface area contributed by atoms with E-state index in [4.69, 9.17) is 0 Å². The van der Waals surface area contributed by atoms with Gasteiger partial charge in [-0.15, -0.1) is 0 Å². The van der Waals surface area contributed by atoms with Crippen molar-refractivity contribution in [1.82, 2.24) is 0 Å². The molecule has 0 fully saturated rings. The molecule has 1 radical (unpaired) electrons. The van der Waals surface area contributed by atoms with Crippen LogP contribution in [0.1, 0.15) is 6.92 Å². The fourth-order valence-electron chi connectivity index (χ4n) is 0.420. The fraction of sp³-hybridized carbons (Fsp3) is 0.125. The second-order valence-corrected chi connectivity index (χ2v) is 2.06. The van der Waals surface area contributed by atoms with Crippen molar-refractivity contribution in [3.63, 3.8) is 0 Å². The number of rotatable bonds is 4. The number of aliphatic imine (C=N–C) groups is 1. The van der Waals surface area contributed by atoms with E-state index in [1.54, 1.807) is 0 Å². The molecule has 0 aromatic carbocycles. The molecule has 6 heteroatoms. The van der Waals surface area contributed by atoms with Gasteiger partial charge >= 0.3 is 11.9 Å². The van der Waals surface area contributed by atoms with Gasteiger partial charge in [-0.25, -0.2) is 19.5 Å². The Labute approximate surface area is 79.2 Å². The maximum absolute atomic E-state index is 10.9. The normalized spacial score (nSPS) is 10.8. The Morgan fingerprint density at radius 1 is 1.43 bits per heavy atom. The quantitative estimate of drug-likeness (QED) is 0.211. The molecule has 0 rings (SSSR count). The van der Waals surface area contributed by atoms with Crippen molar-refractivity contribution in [3.8, 4) is 0 Å². The number of carbonyl (C=O) groups is 2. The zero-order chi connectivity index (χ0) is 11.0. The minimum Gasteiger partial charge on any atom is -0.431 e. The molecule has 6 nitrogen and oxygen atoms in total. The topological polar surface area (TPSA) is 92.7 Å². The number of nitrogens with zero attached hydrogens (tertiary/aromatic N) is 1. The summed E-state index contributed by atoms with van der Waals surface area (Å²) < 4.78 is 4.31. The lowest BCUT2D eigenvalue weighted by atomic mass is 10.3. The predicted molar refractivity (Wildman–Crippen MR) is 42.8 cm³/mol. The summed E-state index contributed by atoms with van der Waals surface area (Å²) in [5.41, 5.74) is 0.0383. The summed E-state index contributed by atoms with van der Waals surface area (Å²) >= 11 is 0. The smallest absolute Gasteiger partial charge is 0.382 e. The van der Waals surface area contributed by atoms with E-state index in [0.717, 1.165) is 6.20 Å². The average molecular weight is 196 g/mol. The van der Waals surface area contributed by atoms with E-state index >= 15 is 0 Å². The lowest BCUT2D eigenvalue weighted by molar-refractivity contribution is -0.137. The molecule has 0 aromatic heterocycles. The highest BCUT2D eigenvalue weighted by Gasteiger charge is 2.03.